The minimum atomic E-state index is -0.830. The molecule has 154 valence electrons. The molecule has 0 radical (unpaired) electrons. The number of carboxylic acids is 1. The highest BCUT2D eigenvalue weighted by atomic mass is 16.4. The zero-order valence-corrected chi connectivity index (χ0v) is 16.7. The van der Waals surface area contributed by atoms with E-state index < -0.39 is 5.97 Å². The number of rotatable bonds is 8. The van der Waals surface area contributed by atoms with Crippen molar-refractivity contribution in [3.8, 4) is 0 Å². The molecule has 0 saturated carbocycles. The molecule has 0 aromatic carbocycles. The fourth-order valence-electron chi connectivity index (χ4n) is 3.71. The quantitative estimate of drug-likeness (QED) is 0.598. The van der Waals surface area contributed by atoms with Crippen molar-refractivity contribution in [3.63, 3.8) is 0 Å². The van der Waals surface area contributed by atoms with Gasteiger partial charge in [0, 0.05) is 55.3 Å². The first kappa shape index (κ1) is 19.8. The second-order valence-corrected chi connectivity index (χ2v) is 7.52. The number of pyridine rings is 2. The lowest BCUT2D eigenvalue weighted by Gasteiger charge is -2.17. The molecular weight excluding hydrogens is 378 g/mol. The fraction of sp³-hybridized carbons (Fsp3) is 0.304. The number of aromatic nitrogens is 4. The summed E-state index contributed by atoms with van der Waals surface area (Å²) in [4.78, 5) is 20.1. The Hall–Kier alpha value is -3.48. The van der Waals surface area contributed by atoms with E-state index in [4.69, 9.17) is 4.98 Å². The maximum Gasteiger partial charge on any atom is 0.304 e. The molecule has 1 unspecified atom stereocenters. The molecule has 7 heteroatoms. The predicted octanol–water partition coefficient (Wildman–Crippen LogP) is 3.55. The Morgan fingerprint density at radius 2 is 2.23 bits per heavy atom. The summed E-state index contributed by atoms with van der Waals surface area (Å²) in [6.07, 6.45) is 14.3. The summed E-state index contributed by atoms with van der Waals surface area (Å²) in [5.74, 6) is 0.00290. The van der Waals surface area contributed by atoms with Crippen LogP contribution in [-0.4, -0.2) is 37.4 Å². The molecule has 0 spiro atoms. The summed E-state index contributed by atoms with van der Waals surface area (Å²) < 4.78 is 1.79. The Bertz CT molecular complexity index is 1030. The molecule has 0 bridgehead atoms. The van der Waals surface area contributed by atoms with E-state index in [1.807, 2.05) is 24.4 Å². The largest absolute Gasteiger partial charge is 0.481 e. The topological polar surface area (TPSA) is 92.9 Å². The summed E-state index contributed by atoms with van der Waals surface area (Å²) in [5, 5.41) is 17.0. The minimum absolute atomic E-state index is 0.0365. The lowest BCUT2D eigenvalue weighted by atomic mass is 9.97. The zero-order valence-electron chi connectivity index (χ0n) is 16.7. The van der Waals surface area contributed by atoms with E-state index in [9.17, 15) is 9.90 Å². The van der Waals surface area contributed by atoms with Gasteiger partial charge in [0.15, 0.2) is 0 Å². The van der Waals surface area contributed by atoms with Gasteiger partial charge in [-0.05, 0) is 36.1 Å². The van der Waals surface area contributed by atoms with Gasteiger partial charge in [-0.15, -0.1) is 0 Å². The summed E-state index contributed by atoms with van der Waals surface area (Å²) >= 11 is 0. The first-order valence-corrected chi connectivity index (χ1v) is 10.2. The predicted molar refractivity (Wildman–Crippen MR) is 115 cm³/mol. The first-order chi connectivity index (χ1) is 14.7. The van der Waals surface area contributed by atoms with Crippen molar-refractivity contribution in [2.24, 2.45) is 0 Å². The third-order valence-electron chi connectivity index (χ3n) is 5.23. The van der Waals surface area contributed by atoms with Crippen LogP contribution in [0.25, 0.3) is 6.08 Å². The highest BCUT2D eigenvalue weighted by Gasteiger charge is 2.17. The van der Waals surface area contributed by atoms with E-state index >= 15 is 0 Å². The van der Waals surface area contributed by atoms with Crippen LogP contribution in [0.5, 0.6) is 0 Å². The smallest absolute Gasteiger partial charge is 0.304 e. The first-order valence-electron chi connectivity index (χ1n) is 10.2. The summed E-state index contributed by atoms with van der Waals surface area (Å²) in [5.41, 5.74) is 4.20. The van der Waals surface area contributed by atoms with E-state index in [0.717, 1.165) is 48.4 Å². The van der Waals surface area contributed by atoms with Crippen LogP contribution in [0.3, 0.4) is 0 Å². The molecule has 0 fully saturated rings. The van der Waals surface area contributed by atoms with Crippen LogP contribution in [0.2, 0.25) is 0 Å². The number of aliphatic carboxylic acids is 1. The molecule has 0 saturated heterocycles. The van der Waals surface area contributed by atoms with Crippen molar-refractivity contribution in [1.29, 1.82) is 0 Å². The van der Waals surface area contributed by atoms with Gasteiger partial charge in [-0.1, -0.05) is 24.3 Å². The Morgan fingerprint density at radius 1 is 1.30 bits per heavy atom. The van der Waals surface area contributed by atoms with Crippen molar-refractivity contribution < 1.29 is 9.90 Å². The number of hydrogen-bond donors (Lipinski definition) is 2. The van der Waals surface area contributed by atoms with Gasteiger partial charge in [0.2, 0.25) is 0 Å². The number of anilines is 1. The molecule has 3 aromatic heterocycles. The van der Waals surface area contributed by atoms with Gasteiger partial charge in [0.1, 0.15) is 5.82 Å². The molecule has 30 heavy (non-hydrogen) atoms. The zero-order chi connectivity index (χ0) is 20.8. The lowest BCUT2D eigenvalue weighted by molar-refractivity contribution is -0.137. The van der Waals surface area contributed by atoms with Gasteiger partial charge < -0.3 is 10.4 Å². The molecule has 1 aliphatic rings. The van der Waals surface area contributed by atoms with Gasteiger partial charge in [-0.3, -0.25) is 14.5 Å². The molecule has 4 rings (SSSR count). The third kappa shape index (κ3) is 5.11. The molecule has 3 aromatic rings. The molecule has 2 N–H and O–H groups in total. The fourth-order valence-corrected chi connectivity index (χ4v) is 3.71. The minimum Gasteiger partial charge on any atom is -0.481 e. The van der Waals surface area contributed by atoms with E-state index in [2.05, 4.69) is 33.6 Å². The van der Waals surface area contributed by atoms with Crippen LogP contribution >= 0.6 is 0 Å². The van der Waals surface area contributed by atoms with Gasteiger partial charge in [-0.25, -0.2) is 4.98 Å². The van der Waals surface area contributed by atoms with Gasteiger partial charge in [0.25, 0.3) is 0 Å². The van der Waals surface area contributed by atoms with Crippen LogP contribution in [0.1, 0.15) is 41.1 Å². The van der Waals surface area contributed by atoms with Crippen molar-refractivity contribution >= 4 is 17.9 Å². The van der Waals surface area contributed by atoms with Crippen molar-refractivity contribution in [2.45, 2.75) is 38.1 Å². The number of nitrogens with zero attached hydrogens (tertiary/aromatic N) is 4. The number of aryl methyl sites for hydroxylation is 1. The maximum absolute atomic E-state index is 11.3. The summed E-state index contributed by atoms with van der Waals surface area (Å²) in [6.45, 7) is 1.48. The van der Waals surface area contributed by atoms with Gasteiger partial charge in [0.05, 0.1) is 12.6 Å². The van der Waals surface area contributed by atoms with E-state index in [1.165, 1.54) is 5.56 Å². The van der Waals surface area contributed by atoms with E-state index in [-0.39, 0.29) is 12.3 Å². The lowest BCUT2D eigenvalue weighted by Crippen LogP contribution is -2.14. The van der Waals surface area contributed by atoms with Crippen molar-refractivity contribution in [3.05, 3.63) is 77.5 Å². The molecule has 7 nitrogen and oxygen atoms in total. The molecule has 1 atom stereocenters. The third-order valence-corrected chi connectivity index (χ3v) is 5.23. The normalized spacial score (nSPS) is 14.3. The van der Waals surface area contributed by atoms with Crippen LogP contribution in [0, 0.1) is 0 Å². The standard InChI is InChI=1S/C23H25N5O2/c29-22(30)12-20(19-6-2-10-24-14-19)16-28-15-17(13-26-28)4-1-7-21-9-8-18-5-3-11-25-23(18)27-21/h1-2,4,6,8-10,13-15,20H,3,5,7,11-12,16H2,(H,25,27)(H,29,30)/b4-1+. The molecule has 0 aliphatic carbocycles. The number of hydrogen-bond acceptors (Lipinski definition) is 5. The van der Waals surface area contributed by atoms with Crippen LogP contribution < -0.4 is 5.32 Å². The molecule has 0 amide bonds. The Labute approximate surface area is 175 Å². The Morgan fingerprint density at radius 3 is 3.07 bits per heavy atom. The monoisotopic (exact) mass is 403 g/mol. The van der Waals surface area contributed by atoms with Gasteiger partial charge >= 0.3 is 5.97 Å². The SMILES string of the molecule is O=C(O)CC(Cn1cc(/C=C/Cc2ccc3c(n2)NCCC3)cn1)c1cccnc1. The highest BCUT2D eigenvalue weighted by Crippen LogP contribution is 2.22. The number of allylic oxidation sites excluding steroid dienone is 1. The van der Waals surface area contributed by atoms with E-state index in [1.54, 1.807) is 23.3 Å². The number of carbonyl (C=O) groups is 1. The highest BCUT2D eigenvalue weighted by molar-refractivity contribution is 5.68. The Kier molecular flexibility index (Phi) is 6.17. The average Bonchev–Trinajstić information content (AvgIpc) is 3.21. The number of nitrogens with one attached hydrogen (secondary N) is 1. The molecular formula is C23H25N5O2. The van der Waals surface area contributed by atoms with Crippen molar-refractivity contribution in [2.75, 3.05) is 11.9 Å². The van der Waals surface area contributed by atoms with Crippen LogP contribution in [0.15, 0.2) is 55.1 Å². The summed E-state index contributed by atoms with van der Waals surface area (Å²) in [7, 11) is 0. The van der Waals surface area contributed by atoms with Crippen LogP contribution in [0.4, 0.5) is 5.82 Å². The van der Waals surface area contributed by atoms with Crippen molar-refractivity contribution in [1.82, 2.24) is 19.7 Å². The van der Waals surface area contributed by atoms with Gasteiger partial charge in [-0.2, -0.15) is 5.10 Å². The summed E-state index contributed by atoms with van der Waals surface area (Å²) in [6, 6.07) is 7.98. The van der Waals surface area contributed by atoms with Crippen LogP contribution in [-0.2, 0) is 24.2 Å². The Balaban J connectivity index is 1.39. The second-order valence-electron chi connectivity index (χ2n) is 7.52. The average molecular weight is 403 g/mol. The number of fused-ring (bicyclic) bond motifs is 1. The molecule has 4 heterocycles. The number of carboxylic acid groups (broad SMARTS) is 1. The van der Waals surface area contributed by atoms with E-state index in [0.29, 0.717) is 6.54 Å². The maximum atomic E-state index is 11.3. The molecule has 1 aliphatic heterocycles. The second kappa shape index (κ2) is 9.35.